The maximum atomic E-state index is 12.3. The zero-order valence-corrected chi connectivity index (χ0v) is 14.1. The first-order valence-electron chi connectivity index (χ1n) is 8.90. The average Bonchev–Trinajstić information content (AvgIpc) is 3.33. The molecule has 5 heteroatoms. The van der Waals surface area contributed by atoms with E-state index in [-0.39, 0.29) is 17.6 Å². The van der Waals surface area contributed by atoms with E-state index in [9.17, 15) is 9.90 Å². The average molecular weight is 309 g/mol. The lowest BCUT2D eigenvalue weighted by molar-refractivity contribution is -0.0115. The number of aliphatic hydroxyl groups excluding tert-OH is 1. The lowest BCUT2D eigenvalue weighted by Gasteiger charge is -2.41. The molecule has 1 atom stereocenters. The Kier molecular flexibility index (Phi) is 4.64. The van der Waals surface area contributed by atoms with E-state index in [1.165, 1.54) is 38.8 Å². The van der Waals surface area contributed by atoms with E-state index in [4.69, 9.17) is 0 Å². The molecule has 2 saturated heterocycles. The van der Waals surface area contributed by atoms with Crippen molar-refractivity contribution in [1.82, 2.24) is 15.1 Å². The van der Waals surface area contributed by atoms with Crippen molar-refractivity contribution >= 4 is 6.03 Å². The van der Waals surface area contributed by atoms with Crippen molar-refractivity contribution in [2.75, 3.05) is 32.7 Å². The van der Waals surface area contributed by atoms with Crippen LogP contribution in [0.25, 0.3) is 0 Å². The molecule has 2 aliphatic heterocycles. The van der Waals surface area contributed by atoms with Gasteiger partial charge in [0.15, 0.2) is 0 Å². The van der Waals surface area contributed by atoms with E-state index in [2.05, 4.69) is 10.2 Å². The second-order valence-corrected chi connectivity index (χ2v) is 8.11. The summed E-state index contributed by atoms with van der Waals surface area (Å²) in [7, 11) is 0. The minimum Gasteiger partial charge on any atom is -0.392 e. The Morgan fingerprint density at radius 2 is 1.82 bits per heavy atom. The van der Waals surface area contributed by atoms with Gasteiger partial charge in [-0.05, 0) is 51.1 Å². The van der Waals surface area contributed by atoms with Gasteiger partial charge in [-0.25, -0.2) is 4.79 Å². The number of carbonyl (C=O) groups is 1. The number of urea groups is 1. The van der Waals surface area contributed by atoms with Gasteiger partial charge < -0.3 is 20.2 Å². The first-order valence-corrected chi connectivity index (χ1v) is 8.90. The van der Waals surface area contributed by atoms with E-state index < -0.39 is 0 Å². The smallest absolute Gasteiger partial charge is 0.317 e. The molecule has 0 aromatic rings. The Labute approximate surface area is 134 Å². The van der Waals surface area contributed by atoms with E-state index in [0.717, 1.165) is 12.6 Å². The summed E-state index contributed by atoms with van der Waals surface area (Å²) in [6.45, 7) is 8.57. The highest BCUT2D eigenvalue weighted by molar-refractivity contribution is 5.74. The number of amides is 2. The molecule has 0 aromatic heterocycles. The number of aliphatic hydroxyl groups is 1. The van der Waals surface area contributed by atoms with Gasteiger partial charge in [0.25, 0.3) is 0 Å². The molecule has 3 aliphatic rings. The van der Waals surface area contributed by atoms with Crippen LogP contribution in [0.2, 0.25) is 0 Å². The normalized spacial score (nSPS) is 30.3. The summed E-state index contributed by atoms with van der Waals surface area (Å²) in [6.07, 6.45) is 5.57. The van der Waals surface area contributed by atoms with Crippen LogP contribution in [-0.4, -0.2) is 65.8 Å². The van der Waals surface area contributed by atoms with E-state index in [1.54, 1.807) is 0 Å². The third kappa shape index (κ3) is 3.74. The van der Waals surface area contributed by atoms with Gasteiger partial charge >= 0.3 is 6.03 Å². The second-order valence-electron chi connectivity index (χ2n) is 8.11. The minimum absolute atomic E-state index is 0.0459. The van der Waals surface area contributed by atoms with Crippen molar-refractivity contribution in [2.24, 2.45) is 11.3 Å². The van der Waals surface area contributed by atoms with Gasteiger partial charge in [-0.15, -0.1) is 0 Å². The van der Waals surface area contributed by atoms with Crippen molar-refractivity contribution in [2.45, 2.75) is 58.1 Å². The van der Waals surface area contributed by atoms with Crippen molar-refractivity contribution in [3.8, 4) is 0 Å². The number of piperidine rings is 2. The molecule has 5 nitrogen and oxygen atoms in total. The summed E-state index contributed by atoms with van der Waals surface area (Å²) in [5.41, 5.74) is -0.203. The Morgan fingerprint density at radius 1 is 1.14 bits per heavy atom. The number of nitrogens with zero attached hydrogens (tertiary/aromatic N) is 2. The standard InChI is InChI=1S/C17H31N3O2/c1-17(2)12-20(10-7-15(17)21)16(22)18-11-13-5-8-19(9-6-13)14-3-4-14/h13-15,21H,3-12H2,1-2H3,(H,18,22). The molecule has 0 bridgehead atoms. The predicted molar refractivity (Wildman–Crippen MR) is 86.7 cm³/mol. The van der Waals surface area contributed by atoms with Crippen LogP contribution in [-0.2, 0) is 0 Å². The Hall–Kier alpha value is -0.810. The van der Waals surface area contributed by atoms with E-state index >= 15 is 0 Å². The molecule has 2 heterocycles. The number of nitrogens with one attached hydrogen (secondary N) is 1. The molecular weight excluding hydrogens is 278 g/mol. The monoisotopic (exact) mass is 309 g/mol. The molecule has 1 unspecified atom stereocenters. The molecule has 0 spiro atoms. The van der Waals surface area contributed by atoms with Crippen LogP contribution in [0, 0.1) is 11.3 Å². The zero-order chi connectivity index (χ0) is 15.7. The highest BCUT2D eigenvalue weighted by Crippen LogP contribution is 2.31. The third-order valence-corrected chi connectivity index (χ3v) is 5.71. The first-order chi connectivity index (χ1) is 10.5. The second kappa shape index (κ2) is 6.36. The molecule has 1 aliphatic carbocycles. The minimum atomic E-state index is -0.302. The van der Waals surface area contributed by atoms with Gasteiger partial charge in [-0.2, -0.15) is 0 Å². The molecule has 3 fully saturated rings. The van der Waals surface area contributed by atoms with Crippen LogP contribution in [0.5, 0.6) is 0 Å². The van der Waals surface area contributed by atoms with Crippen LogP contribution in [0.15, 0.2) is 0 Å². The van der Waals surface area contributed by atoms with Crippen molar-refractivity contribution in [3.05, 3.63) is 0 Å². The highest BCUT2D eigenvalue weighted by atomic mass is 16.3. The number of hydrogen-bond acceptors (Lipinski definition) is 3. The predicted octanol–water partition coefficient (Wildman–Crippen LogP) is 1.66. The number of likely N-dealkylation sites (tertiary alicyclic amines) is 2. The molecule has 22 heavy (non-hydrogen) atoms. The molecule has 3 rings (SSSR count). The number of carbonyl (C=O) groups excluding carboxylic acids is 1. The fourth-order valence-corrected chi connectivity index (χ4v) is 3.82. The SMILES string of the molecule is CC1(C)CN(C(=O)NCC2CCN(C3CC3)CC2)CCC1O. The maximum absolute atomic E-state index is 12.3. The summed E-state index contributed by atoms with van der Waals surface area (Å²) in [5.74, 6) is 0.627. The third-order valence-electron chi connectivity index (χ3n) is 5.71. The van der Waals surface area contributed by atoms with Crippen LogP contribution < -0.4 is 5.32 Å². The quantitative estimate of drug-likeness (QED) is 0.834. The van der Waals surface area contributed by atoms with Gasteiger partial charge in [0.05, 0.1) is 6.10 Å². The van der Waals surface area contributed by atoms with Crippen molar-refractivity contribution < 1.29 is 9.90 Å². The first kappa shape index (κ1) is 16.1. The molecule has 0 aromatic carbocycles. The van der Waals surface area contributed by atoms with Gasteiger partial charge in [-0.3, -0.25) is 0 Å². The summed E-state index contributed by atoms with van der Waals surface area (Å²) in [5, 5.41) is 13.1. The van der Waals surface area contributed by atoms with Crippen molar-refractivity contribution in [1.29, 1.82) is 0 Å². The van der Waals surface area contributed by atoms with E-state index in [0.29, 0.717) is 25.4 Å². The summed E-state index contributed by atoms with van der Waals surface area (Å²) in [6, 6.07) is 0.919. The fourth-order valence-electron chi connectivity index (χ4n) is 3.82. The molecule has 2 N–H and O–H groups in total. The molecule has 126 valence electrons. The molecule has 1 saturated carbocycles. The molecule has 0 radical (unpaired) electrons. The lowest BCUT2D eigenvalue weighted by Crippen LogP contribution is -2.54. The van der Waals surface area contributed by atoms with Crippen LogP contribution >= 0.6 is 0 Å². The summed E-state index contributed by atoms with van der Waals surface area (Å²) < 4.78 is 0. The van der Waals surface area contributed by atoms with Crippen LogP contribution in [0.1, 0.15) is 46.0 Å². The van der Waals surface area contributed by atoms with Crippen LogP contribution in [0.4, 0.5) is 4.79 Å². The maximum Gasteiger partial charge on any atom is 0.317 e. The Balaban J connectivity index is 1.39. The number of rotatable bonds is 3. The van der Waals surface area contributed by atoms with Gasteiger partial charge in [0.1, 0.15) is 0 Å². The molecular formula is C17H31N3O2. The zero-order valence-electron chi connectivity index (χ0n) is 14.1. The van der Waals surface area contributed by atoms with Gasteiger partial charge in [0.2, 0.25) is 0 Å². The Morgan fingerprint density at radius 3 is 2.41 bits per heavy atom. The fraction of sp³-hybridized carbons (Fsp3) is 0.941. The van der Waals surface area contributed by atoms with Crippen molar-refractivity contribution in [3.63, 3.8) is 0 Å². The topological polar surface area (TPSA) is 55.8 Å². The summed E-state index contributed by atoms with van der Waals surface area (Å²) >= 11 is 0. The Bertz CT molecular complexity index is 401. The van der Waals surface area contributed by atoms with Gasteiger partial charge in [0, 0.05) is 31.1 Å². The number of hydrogen-bond donors (Lipinski definition) is 2. The van der Waals surface area contributed by atoms with E-state index in [1.807, 2.05) is 18.7 Å². The van der Waals surface area contributed by atoms with Crippen LogP contribution in [0.3, 0.4) is 0 Å². The molecule has 2 amide bonds. The largest absolute Gasteiger partial charge is 0.392 e. The van der Waals surface area contributed by atoms with Gasteiger partial charge in [-0.1, -0.05) is 13.8 Å². The summed E-state index contributed by atoms with van der Waals surface area (Å²) in [4.78, 5) is 16.8. The lowest BCUT2D eigenvalue weighted by atomic mass is 9.81. The highest BCUT2D eigenvalue weighted by Gasteiger charge is 2.36.